The van der Waals surface area contributed by atoms with E-state index in [4.69, 9.17) is 23.8 Å². The van der Waals surface area contributed by atoms with Crippen LogP contribution < -0.4 is 4.90 Å². The highest BCUT2D eigenvalue weighted by Gasteiger charge is 2.35. The first-order chi connectivity index (χ1) is 9.75. The third kappa shape index (κ3) is 3.13. The van der Waals surface area contributed by atoms with Gasteiger partial charge in [0.15, 0.2) is 5.11 Å². The number of rotatable bonds is 2. The first-order valence-electron chi connectivity index (χ1n) is 6.24. The molecule has 1 aromatic carbocycles. The third-order valence-corrected chi connectivity index (χ3v) is 3.97. The van der Waals surface area contributed by atoms with Gasteiger partial charge in [-0.3, -0.25) is 9.69 Å². The minimum Gasteiger partial charge on any atom is -0.348 e. The van der Waals surface area contributed by atoms with Crippen LogP contribution in [0, 0.1) is 0 Å². The molecule has 8 heteroatoms. The summed E-state index contributed by atoms with van der Waals surface area (Å²) in [7, 11) is 0. The second-order valence-electron chi connectivity index (χ2n) is 4.50. The fourth-order valence-electron chi connectivity index (χ4n) is 2.10. The molecule has 21 heavy (non-hydrogen) atoms. The average Bonchev–Trinajstić information content (AvgIpc) is 2.39. The maximum Gasteiger partial charge on any atom is 0.417 e. The number of amides is 1. The van der Waals surface area contributed by atoms with Gasteiger partial charge in [-0.2, -0.15) is 13.2 Å². The molecule has 2 rings (SSSR count). The Labute approximate surface area is 130 Å². The van der Waals surface area contributed by atoms with Crippen LogP contribution in [0.3, 0.4) is 0 Å². The molecule has 1 fully saturated rings. The van der Waals surface area contributed by atoms with Crippen molar-refractivity contribution in [1.29, 1.82) is 0 Å². The second kappa shape index (κ2) is 5.81. The van der Waals surface area contributed by atoms with Crippen molar-refractivity contribution in [2.24, 2.45) is 0 Å². The van der Waals surface area contributed by atoms with Crippen molar-refractivity contribution in [3.8, 4) is 0 Å². The van der Waals surface area contributed by atoms with Gasteiger partial charge in [0, 0.05) is 19.5 Å². The van der Waals surface area contributed by atoms with Gasteiger partial charge < -0.3 is 4.90 Å². The highest BCUT2D eigenvalue weighted by atomic mass is 35.5. The summed E-state index contributed by atoms with van der Waals surface area (Å²) in [6.07, 6.45) is -4.38. The van der Waals surface area contributed by atoms with Gasteiger partial charge >= 0.3 is 6.18 Å². The number of nitrogens with zero attached hydrogens (tertiary/aromatic N) is 2. The van der Waals surface area contributed by atoms with E-state index in [1.807, 2.05) is 6.92 Å². The predicted octanol–water partition coefficient (Wildman–Crippen LogP) is 3.70. The lowest BCUT2D eigenvalue weighted by molar-refractivity contribution is -0.137. The van der Waals surface area contributed by atoms with Crippen molar-refractivity contribution in [3.05, 3.63) is 28.8 Å². The summed E-state index contributed by atoms with van der Waals surface area (Å²) in [5.74, 6) is -0.319. The van der Waals surface area contributed by atoms with Crippen molar-refractivity contribution in [3.63, 3.8) is 0 Å². The van der Waals surface area contributed by atoms with Gasteiger partial charge in [0.1, 0.15) is 0 Å². The molecule has 0 atom stereocenters. The molecule has 0 saturated carbocycles. The Hall–Kier alpha value is -1.34. The molecule has 3 nitrogen and oxygen atoms in total. The van der Waals surface area contributed by atoms with Crippen molar-refractivity contribution in [2.75, 3.05) is 18.0 Å². The third-order valence-electron chi connectivity index (χ3n) is 3.20. The Kier molecular flexibility index (Phi) is 4.43. The zero-order valence-electron chi connectivity index (χ0n) is 11.1. The normalized spacial score (nSPS) is 16.6. The van der Waals surface area contributed by atoms with E-state index in [9.17, 15) is 18.0 Å². The predicted molar refractivity (Wildman–Crippen MR) is 78.4 cm³/mol. The van der Waals surface area contributed by atoms with Crippen LogP contribution in [0.1, 0.15) is 18.9 Å². The Morgan fingerprint density at radius 1 is 1.38 bits per heavy atom. The number of benzene rings is 1. The molecule has 114 valence electrons. The van der Waals surface area contributed by atoms with Crippen LogP contribution in [0.2, 0.25) is 5.02 Å². The molecule has 1 aromatic rings. The van der Waals surface area contributed by atoms with Gasteiger partial charge in [-0.1, -0.05) is 11.6 Å². The Morgan fingerprint density at radius 2 is 2.05 bits per heavy atom. The number of anilines is 1. The SMILES string of the molecule is CCN1CCC(=O)N(c2ccc(Cl)c(C(F)(F)F)c2)C1=S. The van der Waals surface area contributed by atoms with Gasteiger partial charge in [0.05, 0.1) is 16.3 Å². The number of thiocarbonyl (C=S) groups is 1. The summed E-state index contributed by atoms with van der Waals surface area (Å²) < 4.78 is 38.7. The standard InChI is InChI=1S/C13H12ClF3N2OS/c1-2-18-6-5-11(20)19(12(18)21)8-3-4-10(14)9(7-8)13(15,16)17/h3-4,7H,2,5-6H2,1H3. The zero-order valence-corrected chi connectivity index (χ0v) is 12.6. The van der Waals surface area contributed by atoms with E-state index in [1.54, 1.807) is 4.90 Å². The molecule has 1 amide bonds. The average molecular weight is 337 g/mol. The summed E-state index contributed by atoms with van der Waals surface area (Å²) in [4.78, 5) is 14.9. The molecule has 0 unspecified atom stereocenters. The maximum absolute atomic E-state index is 12.9. The lowest BCUT2D eigenvalue weighted by Crippen LogP contribution is -2.52. The van der Waals surface area contributed by atoms with E-state index in [1.165, 1.54) is 6.07 Å². The summed E-state index contributed by atoms with van der Waals surface area (Å²) in [6, 6.07) is 3.34. The molecule has 0 spiro atoms. The minimum absolute atomic E-state index is 0.0832. The topological polar surface area (TPSA) is 23.6 Å². The van der Waals surface area contributed by atoms with Crippen molar-refractivity contribution in [2.45, 2.75) is 19.5 Å². The molecule has 1 heterocycles. The number of alkyl halides is 3. The molecule has 0 N–H and O–H groups in total. The quantitative estimate of drug-likeness (QED) is 0.769. The van der Waals surface area contributed by atoms with Gasteiger partial charge in [0.2, 0.25) is 5.91 Å². The molecule has 0 aliphatic carbocycles. The molecule has 0 bridgehead atoms. The Bertz CT molecular complexity index is 591. The summed E-state index contributed by atoms with van der Waals surface area (Å²) in [5, 5.41) is -0.196. The number of hydrogen-bond acceptors (Lipinski definition) is 2. The Balaban J connectivity index is 2.45. The number of halogens is 4. The first kappa shape index (κ1) is 16.0. The van der Waals surface area contributed by atoms with Crippen LogP contribution in [0.5, 0.6) is 0 Å². The summed E-state index contributed by atoms with van der Waals surface area (Å²) >= 11 is 10.8. The fourth-order valence-corrected chi connectivity index (χ4v) is 2.76. The van der Waals surface area contributed by atoms with E-state index in [2.05, 4.69) is 0 Å². The van der Waals surface area contributed by atoms with Gasteiger partial charge in [0.25, 0.3) is 0 Å². The summed E-state index contributed by atoms with van der Waals surface area (Å²) in [6.45, 7) is 2.93. The van der Waals surface area contributed by atoms with Gasteiger partial charge in [-0.25, -0.2) is 0 Å². The molecule has 0 radical (unpaired) electrons. The zero-order chi connectivity index (χ0) is 15.8. The van der Waals surface area contributed by atoms with E-state index < -0.39 is 16.8 Å². The molecular formula is C13H12ClF3N2OS. The molecule has 0 aromatic heterocycles. The fraction of sp³-hybridized carbons (Fsp3) is 0.385. The minimum atomic E-state index is -4.59. The largest absolute Gasteiger partial charge is 0.417 e. The van der Waals surface area contributed by atoms with Gasteiger partial charge in [-0.05, 0) is 37.3 Å². The van der Waals surface area contributed by atoms with E-state index >= 15 is 0 Å². The molecular weight excluding hydrogens is 325 g/mol. The van der Waals surface area contributed by atoms with E-state index in [0.29, 0.717) is 13.1 Å². The lowest BCUT2D eigenvalue weighted by Gasteiger charge is -2.36. The number of hydrogen-bond donors (Lipinski definition) is 0. The molecule has 1 aliphatic heterocycles. The smallest absolute Gasteiger partial charge is 0.348 e. The van der Waals surface area contributed by atoms with E-state index in [0.717, 1.165) is 17.0 Å². The lowest BCUT2D eigenvalue weighted by atomic mass is 10.1. The highest BCUT2D eigenvalue weighted by molar-refractivity contribution is 7.80. The summed E-state index contributed by atoms with van der Waals surface area (Å²) in [5.41, 5.74) is -0.897. The number of carbonyl (C=O) groups is 1. The second-order valence-corrected chi connectivity index (χ2v) is 5.28. The van der Waals surface area contributed by atoms with Crippen LogP contribution in [0.25, 0.3) is 0 Å². The number of carbonyl (C=O) groups excluding carboxylic acids is 1. The van der Waals surface area contributed by atoms with Crippen molar-refractivity contribution < 1.29 is 18.0 Å². The van der Waals surface area contributed by atoms with Gasteiger partial charge in [-0.15, -0.1) is 0 Å². The van der Waals surface area contributed by atoms with Crippen LogP contribution in [-0.2, 0) is 11.0 Å². The molecule has 1 aliphatic rings. The van der Waals surface area contributed by atoms with Crippen LogP contribution in [-0.4, -0.2) is 29.0 Å². The molecule has 1 saturated heterocycles. The maximum atomic E-state index is 12.9. The van der Waals surface area contributed by atoms with Crippen molar-refractivity contribution in [1.82, 2.24) is 4.90 Å². The highest BCUT2D eigenvalue weighted by Crippen LogP contribution is 2.37. The first-order valence-corrected chi connectivity index (χ1v) is 7.03. The van der Waals surface area contributed by atoms with Crippen LogP contribution in [0.4, 0.5) is 18.9 Å². The van der Waals surface area contributed by atoms with E-state index in [-0.39, 0.29) is 23.1 Å². The van der Waals surface area contributed by atoms with Crippen molar-refractivity contribution >= 4 is 40.5 Å². The Morgan fingerprint density at radius 3 is 2.62 bits per heavy atom. The van der Waals surface area contributed by atoms with Crippen LogP contribution >= 0.6 is 23.8 Å². The monoisotopic (exact) mass is 336 g/mol. The van der Waals surface area contributed by atoms with Crippen LogP contribution in [0.15, 0.2) is 18.2 Å².